The number of rotatable bonds is 1. The minimum atomic E-state index is -0.357. The molecule has 2 aromatic rings. The lowest BCUT2D eigenvalue weighted by atomic mass is 9.85. The normalized spacial score (nSPS) is 20.2. The molecule has 2 aliphatic rings. The van der Waals surface area contributed by atoms with Crippen molar-refractivity contribution in [3.05, 3.63) is 45.0 Å². The van der Waals surface area contributed by atoms with E-state index in [0.29, 0.717) is 10.8 Å². The van der Waals surface area contributed by atoms with Crippen LogP contribution in [0.15, 0.2) is 23.7 Å². The molecule has 2 aromatic heterocycles. The average molecular weight is 339 g/mol. The molecule has 1 fully saturated rings. The number of anilines is 1. The molecule has 0 aliphatic carbocycles. The van der Waals surface area contributed by atoms with E-state index < -0.39 is 0 Å². The maximum Gasteiger partial charge on any atom is 0.167 e. The van der Waals surface area contributed by atoms with Gasteiger partial charge in [0, 0.05) is 24.2 Å². The third-order valence-corrected chi connectivity index (χ3v) is 5.92. The second kappa shape index (κ2) is 5.48. The summed E-state index contributed by atoms with van der Waals surface area (Å²) in [5.41, 5.74) is 1.24. The minimum Gasteiger partial charge on any atom is -0.369 e. The summed E-state index contributed by atoms with van der Waals surface area (Å²) in [6.45, 7) is 2.25. The monoisotopic (exact) mass is 338 g/mol. The van der Waals surface area contributed by atoms with Crippen LogP contribution in [-0.2, 0) is 16.8 Å². The molecule has 0 bridgehead atoms. The number of hydrogen-bond donors (Lipinski definition) is 0. The van der Waals surface area contributed by atoms with Gasteiger partial charge in [-0.1, -0.05) is 11.6 Å². The van der Waals surface area contributed by atoms with E-state index in [9.17, 15) is 4.39 Å². The van der Waals surface area contributed by atoms with Crippen LogP contribution in [-0.4, -0.2) is 24.7 Å². The summed E-state index contributed by atoms with van der Waals surface area (Å²) >= 11 is 7.56. The fraction of sp³-hybridized carbons (Fsp3) is 0.438. The molecule has 0 aromatic carbocycles. The summed E-state index contributed by atoms with van der Waals surface area (Å²) in [5.74, 6) is 0.0336. The topological polar surface area (TPSA) is 25.4 Å². The first-order chi connectivity index (χ1) is 10.7. The van der Waals surface area contributed by atoms with Crippen LogP contribution < -0.4 is 4.90 Å². The van der Waals surface area contributed by atoms with Crippen molar-refractivity contribution in [3.63, 3.8) is 0 Å². The van der Waals surface area contributed by atoms with Crippen molar-refractivity contribution >= 4 is 28.8 Å². The number of fused-ring (bicyclic) bond motifs is 2. The Labute approximate surface area is 137 Å². The zero-order valence-electron chi connectivity index (χ0n) is 12.0. The molecule has 1 saturated heterocycles. The first-order valence-corrected chi connectivity index (χ1v) is 8.70. The number of aromatic nitrogens is 1. The Hall–Kier alpha value is -1.17. The highest BCUT2D eigenvalue weighted by molar-refractivity contribution is 7.10. The predicted molar refractivity (Wildman–Crippen MR) is 86.3 cm³/mol. The van der Waals surface area contributed by atoms with E-state index >= 15 is 0 Å². The predicted octanol–water partition coefficient (Wildman–Crippen LogP) is 4.00. The Morgan fingerprint density at radius 3 is 2.95 bits per heavy atom. The Bertz CT molecular complexity index is 697. The van der Waals surface area contributed by atoms with E-state index in [-0.39, 0.29) is 11.4 Å². The van der Waals surface area contributed by atoms with Gasteiger partial charge in [-0.05, 0) is 42.3 Å². The van der Waals surface area contributed by atoms with Crippen molar-refractivity contribution < 1.29 is 9.13 Å². The molecule has 116 valence electrons. The van der Waals surface area contributed by atoms with Crippen LogP contribution in [0.4, 0.5) is 10.2 Å². The van der Waals surface area contributed by atoms with Crippen LogP contribution in [0.5, 0.6) is 0 Å². The summed E-state index contributed by atoms with van der Waals surface area (Å²) in [5, 5.41) is 2.47. The highest BCUT2D eigenvalue weighted by Crippen LogP contribution is 2.44. The third kappa shape index (κ3) is 2.32. The molecule has 0 unspecified atom stereocenters. The van der Waals surface area contributed by atoms with E-state index in [1.54, 1.807) is 11.3 Å². The van der Waals surface area contributed by atoms with Crippen molar-refractivity contribution in [1.82, 2.24) is 4.98 Å². The van der Waals surface area contributed by atoms with Gasteiger partial charge in [-0.3, -0.25) is 0 Å². The van der Waals surface area contributed by atoms with Gasteiger partial charge < -0.3 is 9.64 Å². The Kier molecular flexibility index (Phi) is 3.59. The molecule has 0 atom stereocenters. The number of nitrogens with zero attached hydrogens (tertiary/aromatic N) is 2. The highest BCUT2D eigenvalue weighted by Gasteiger charge is 2.42. The Morgan fingerprint density at radius 2 is 2.18 bits per heavy atom. The van der Waals surface area contributed by atoms with Crippen molar-refractivity contribution in [2.45, 2.75) is 24.9 Å². The highest BCUT2D eigenvalue weighted by atomic mass is 35.5. The van der Waals surface area contributed by atoms with Crippen LogP contribution in [0, 0.1) is 5.82 Å². The molecule has 6 heteroatoms. The van der Waals surface area contributed by atoms with Crippen LogP contribution in [0.1, 0.15) is 23.3 Å². The van der Waals surface area contributed by atoms with E-state index in [1.165, 1.54) is 22.7 Å². The fourth-order valence-electron chi connectivity index (χ4n) is 3.45. The average Bonchev–Trinajstić information content (AvgIpc) is 2.99. The van der Waals surface area contributed by atoms with Gasteiger partial charge in [-0.15, -0.1) is 11.3 Å². The summed E-state index contributed by atoms with van der Waals surface area (Å²) in [6.07, 6.45) is 4.23. The van der Waals surface area contributed by atoms with Crippen LogP contribution in [0.2, 0.25) is 5.02 Å². The van der Waals surface area contributed by atoms with Gasteiger partial charge in [0.05, 0.1) is 11.6 Å². The molecule has 0 amide bonds. The lowest BCUT2D eigenvalue weighted by Crippen LogP contribution is -2.46. The molecule has 4 rings (SSSR count). The van der Waals surface area contributed by atoms with Gasteiger partial charge in [-0.2, -0.15) is 0 Å². The smallest absolute Gasteiger partial charge is 0.167 e. The van der Waals surface area contributed by atoms with Gasteiger partial charge in [0.25, 0.3) is 0 Å². The lowest BCUT2D eigenvalue weighted by molar-refractivity contribution is -0.0736. The van der Waals surface area contributed by atoms with E-state index in [2.05, 4.69) is 16.4 Å². The molecular weight excluding hydrogens is 323 g/mol. The molecule has 2 aliphatic heterocycles. The molecule has 22 heavy (non-hydrogen) atoms. The van der Waals surface area contributed by atoms with E-state index in [4.69, 9.17) is 16.3 Å². The third-order valence-electron chi connectivity index (χ3n) is 4.57. The number of piperidine rings is 1. The Balaban J connectivity index is 1.56. The van der Waals surface area contributed by atoms with Crippen molar-refractivity contribution in [2.24, 2.45) is 0 Å². The number of pyridine rings is 1. The minimum absolute atomic E-state index is 0.179. The SMILES string of the molecule is Fc1cc(Cl)cnc1N1CCC2(CC1)OCCc1ccsc12. The second-order valence-electron chi connectivity index (χ2n) is 5.81. The molecule has 0 N–H and O–H groups in total. The zero-order valence-corrected chi connectivity index (χ0v) is 13.6. The maximum atomic E-state index is 14.0. The zero-order chi connectivity index (χ0) is 15.2. The number of ether oxygens (including phenoxy) is 1. The van der Waals surface area contributed by atoms with Gasteiger partial charge in [0.1, 0.15) is 5.60 Å². The van der Waals surface area contributed by atoms with Crippen LogP contribution in [0.25, 0.3) is 0 Å². The lowest BCUT2D eigenvalue weighted by Gasteiger charge is -2.44. The first kappa shape index (κ1) is 14.4. The van der Waals surface area contributed by atoms with Crippen LogP contribution >= 0.6 is 22.9 Å². The van der Waals surface area contributed by atoms with Crippen molar-refractivity contribution in [2.75, 3.05) is 24.6 Å². The summed E-state index contributed by atoms with van der Waals surface area (Å²) in [7, 11) is 0. The maximum absolute atomic E-state index is 14.0. The van der Waals surface area contributed by atoms with Crippen molar-refractivity contribution in [3.8, 4) is 0 Å². The fourth-order valence-corrected chi connectivity index (χ4v) is 4.76. The summed E-state index contributed by atoms with van der Waals surface area (Å²) < 4.78 is 20.2. The second-order valence-corrected chi connectivity index (χ2v) is 7.17. The summed E-state index contributed by atoms with van der Waals surface area (Å²) in [6, 6.07) is 3.53. The first-order valence-electron chi connectivity index (χ1n) is 7.45. The molecule has 0 radical (unpaired) electrons. The van der Waals surface area contributed by atoms with Crippen molar-refractivity contribution in [1.29, 1.82) is 0 Å². The molecule has 4 heterocycles. The van der Waals surface area contributed by atoms with E-state index in [0.717, 1.165) is 39.0 Å². The number of hydrogen-bond acceptors (Lipinski definition) is 4. The molecule has 1 spiro atoms. The quantitative estimate of drug-likeness (QED) is 0.785. The number of halogens is 2. The van der Waals surface area contributed by atoms with E-state index in [1.807, 2.05) is 4.90 Å². The molecule has 3 nitrogen and oxygen atoms in total. The number of thiophene rings is 1. The molecular formula is C16H16ClFN2OS. The van der Waals surface area contributed by atoms with Gasteiger partial charge >= 0.3 is 0 Å². The standard InChI is InChI=1S/C16H16ClFN2OS/c17-12-9-13(18)15(19-10-12)20-5-3-16(4-6-20)14-11(1-7-21-16)2-8-22-14/h2,8-10H,1,3-7H2. The largest absolute Gasteiger partial charge is 0.369 e. The van der Waals surface area contributed by atoms with Gasteiger partial charge in [-0.25, -0.2) is 9.37 Å². The Morgan fingerprint density at radius 1 is 1.36 bits per heavy atom. The summed E-state index contributed by atoms with van der Waals surface area (Å²) in [4.78, 5) is 7.50. The molecule has 0 saturated carbocycles. The van der Waals surface area contributed by atoms with Crippen LogP contribution in [0.3, 0.4) is 0 Å². The van der Waals surface area contributed by atoms with Gasteiger partial charge in [0.2, 0.25) is 0 Å². The van der Waals surface area contributed by atoms with Gasteiger partial charge in [0.15, 0.2) is 11.6 Å².